The predicted molar refractivity (Wildman–Crippen MR) is 109 cm³/mol. The molecule has 0 bridgehead atoms. The molecule has 140 valence electrons. The minimum atomic E-state index is -0.00724. The minimum absolute atomic E-state index is 0.00724. The van der Waals surface area contributed by atoms with Crippen molar-refractivity contribution < 1.29 is 14.9 Å². The van der Waals surface area contributed by atoms with Crippen molar-refractivity contribution in [3.63, 3.8) is 0 Å². The van der Waals surface area contributed by atoms with Crippen LogP contribution in [0.5, 0.6) is 23.0 Å². The molecule has 2 N–H and O–H groups in total. The van der Waals surface area contributed by atoms with Gasteiger partial charge in [-0.05, 0) is 72.2 Å². The van der Waals surface area contributed by atoms with Gasteiger partial charge in [-0.2, -0.15) is 0 Å². The summed E-state index contributed by atoms with van der Waals surface area (Å²) in [6.45, 7) is 6.04. The second-order valence-corrected chi connectivity index (χ2v) is 7.35. The van der Waals surface area contributed by atoms with Crippen LogP contribution in [0.25, 0.3) is 0 Å². The Kier molecular flexibility index (Phi) is 5.70. The summed E-state index contributed by atoms with van der Waals surface area (Å²) in [5.74, 6) is 2.00. The van der Waals surface area contributed by atoms with Gasteiger partial charge in [0, 0.05) is 0 Å². The van der Waals surface area contributed by atoms with Crippen LogP contribution >= 0.6 is 0 Å². The van der Waals surface area contributed by atoms with Crippen molar-refractivity contribution in [1.82, 2.24) is 0 Å². The standard InChI is InChI=1S/C24H26O3/c1-16(2)13-20-15-19(17(3)23(25)24(20)26)14-18-9-11-22(12-10-18)27-21-7-5-4-6-8-21/h4-12,15-16,25-26H,13-14H2,1-3H3. The Morgan fingerprint density at radius 3 is 2.07 bits per heavy atom. The van der Waals surface area contributed by atoms with E-state index in [4.69, 9.17) is 4.74 Å². The first kappa shape index (κ1) is 18.8. The van der Waals surface area contributed by atoms with Crippen molar-refractivity contribution in [2.75, 3.05) is 0 Å². The van der Waals surface area contributed by atoms with Crippen molar-refractivity contribution in [2.24, 2.45) is 5.92 Å². The van der Waals surface area contributed by atoms with Crippen molar-refractivity contribution in [2.45, 2.75) is 33.6 Å². The van der Waals surface area contributed by atoms with Gasteiger partial charge in [-0.3, -0.25) is 0 Å². The monoisotopic (exact) mass is 362 g/mol. The number of rotatable bonds is 6. The zero-order valence-corrected chi connectivity index (χ0v) is 16.1. The quantitative estimate of drug-likeness (QED) is 0.530. The highest BCUT2D eigenvalue weighted by molar-refractivity contribution is 5.54. The number of para-hydroxylation sites is 1. The molecule has 0 fully saturated rings. The topological polar surface area (TPSA) is 49.7 Å². The fourth-order valence-corrected chi connectivity index (χ4v) is 3.17. The number of benzene rings is 3. The molecule has 0 saturated carbocycles. The molecule has 0 heterocycles. The van der Waals surface area contributed by atoms with E-state index in [2.05, 4.69) is 13.8 Å². The van der Waals surface area contributed by atoms with E-state index in [1.165, 1.54) is 0 Å². The number of phenolic OH excluding ortho intramolecular Hbond substituents is 2. The van der Waals surface area contributed by atoms with E-state index >= 15 is 0 Å². The van der Waals surface area contributed by atoms with E-state index in [0.29, 0.717) is 12.3 Å². The van der Waals surface area contributed by atoms with Crippen LogP contribution in [0.15, 0.2) is 60.7 Å². The van der Waals surface area contributed by atoms with E-state index in [1.54, 1.807) is 0 Å². The molecule has 0 aliphatic carbocycles. The Balaban J connectivity index is 1.79. The maximum Gasteiger partial charge on any atom is 0.160 e. The summed E-state index contributed by atoms with van der Waals surface area (Å²) in [6.07, 6.45) is 1.42. The number of hydrogen-bond acceptors (Lipinski definition) is 3. The van der Waals surface area contributed by atoms with Gasteiger partial charge in [0.2, 0.25) is 0 Å². The fraction of sp³-hybridized carbons (Fsp3) is 0.250. The molecule has 0 spiro atoms. The number of hydrogen-bond donors (Lipinski definition) is 2. The SMILES string of the molecule is Cc1c(Cc2ccc(Oc3ccccc3)cc2)cc(CC(C)C)c(O)c1O. The average Bonchev–Trinajstić information content (AvgIpc) is 2.66. The minimum Gasteiger partial charge on any atom is -0.504 e. The van der Waals surface area contributed by atoms with Crippen LogP contribution in [0.3, 0.4) is 0 Å². The van der Waals surface area contributed by atoms with Gasteiger partial charge in [0.15, 0.2) is 11.5 Å². The first-order valence-corrected chi connectivity index (χ1v) is 9.29. The number of aromatic hydroxyl groups is 2. The van der Waals surface area contributed by atoms with E-state index in [9.17, 15) is 10.2 Å². The third-order valence-electron chi connectivity index (χ3n) is 4.64. The highest BCUT2D eigenvalue weighted by atomic mass is 16.5. The highest BCUT2D eigenvalue weighted by Crippen LogP contribution is 2.37. The summed E-state index contributed by atoms with van der Waals surface area (Å²) in [5, 5.41) is 20.5. The van der Waals surface area contributed by atoms with Crippen LogP contribution in [-0.2, 0) is 12.8 Å². The van der Waals surface area contributed by atoms with Crippen LogP contribution in [-0.4, -0.2) is 10.2 Å². The van der Waals surface area contributed by atoms with Crippen molar-refractivity contribution >= 4 is 0 Å². The Morgan fingerprint density at radius 1 is 0.815 bits per heavy atom. The molecule has 0 amide bonds. The summed E-state index contributed by atoms with van der Waals surface area (Å²) < 4.78 is 5.83. The van der Waals surface area contributed by atoms with E-state index in [1.807, 2.05) is 67.6 Å². The first-order valence-electron chi connectivity index (χ1n) is 9.29. The zero-order chi connectivity index (χ0) is 19.4. The lowest BCUT2D eigenvalue weighted by atomic mass is 9.93. The van der Waals surface area contributed by atoms with Gasteiger partial charge in [0.25, 0.3) is 0 Å². The molecular weight excluding hydrogens is 336 g/mol. The summed E-state index contributed by atoms with van der Waals surface area (Å²) in [6, 6.07) is 19.7. The van der Waals surface area contributed by atoms with Gasteiger partial charge in [-0.15, -0.1) is 0 Å². The van der Waals surface area contributed by atoms with E-state index in [0.717, 1.165) is 40.2 Å². The van der Waals surface area contributed by atoms with Crippen molar-refractivity contribution in [3.8, 4) is 23.0 Å². The Morgan fingerprint density at radius 2 is 1.44 bits per heavy atom. The van der Waals surface area contributed by atoms with Crippen LogP contribution in [0, 0.1) is 12.8 Å². The van der Waals surface area contributed by atoms with Crippen LogP contribution in [0.1, 0.15) is 36.1 Å². The molecule has 27 heavy (non-hydrogen) atoms. The van der Waals surface area contributed by atoms with Gasteiger partial charge >= 0.3 is 0 Å². The summed E-state index contributed by atoms with van der Waals surface area (Å²) in [5.41, 5.74) is 3.67. The molecule has 3 aromatic rings. The normalized spacial score (nSPS) is 11.0. The fourth-order valence-electron chi connectivity index (χ4n) is 3.17. The second-order valence-electron chi connectivity index (χ2n) is 7.35. The number of ether oxygens (including phenoxy) is 1. The third-order valence-corrected chi connectivity index (χ3v) is 4.64. The molecule has 0 aromatic heterocycles. The first-order chi connectivity index (χ1) is 12.9. The van der Waals surface area contributed by atoms with Crippen LogP contribution in [0.2, 0.25) is 0 Å². The molecule has 3 heteroatoms. The largest absolute Gasteiger partial charge is 0.504 e. The Bertz CT molecular complexity index is 897. The van der Waals surface area contributed by atoms with Gasteiger partial charge in [0.05, 0.1) is 0 Å². The van der Waals surface area contributed by atoms with E-state index in [-0.39, 0.29) is 11.5 Å². The smallest absolute Gasteiger partial charge is 0.160 e. The summed E-state index contributed by atoms with van der Waals surface area (Å²) in [4.78, 5) is 0. The average molecular weight is 362 g/mol. The van der Waals surface area contributed by atoms with Crippen LogP contribution < -0.4 is 4.74 Å². The molecular formula is C24H26O3. The van der Waals surface area contributed by atoms with Gasteiger partial charge in [0.1, 0.15) is 11.5 Å². The summed E-state index contributed by atoms with van der Waals surface area (Å²) >= 11 is 0. The molecule has 0 radical (unpaired) electrons. The lowest BCUT2D eigenvalue weighted by Crippen LogP contribution is -2.00. The molecule has 3 aromatic carbocycles. The molecule has 3 rings (SSSR count). The highest BCUT2D eigenvalue weighted by Gasteiger charge is 2.15. The molecule has 0 saturated heterocycles. The lowest BCUT2D eigenvalue weighted by molar-refractivity contribution is 0.394. The molecule has 0 aliphatic heterocycles. The van der Waals surface area contributed by atoms with Crippen LogP contribution in [0.4, 0.5) is 0 Å². The van der Waals surface area contributed by atoms with Crippen molar-refractivity contribution in [1.29, 1.82) is 0 Å². The lowest BCUT2D eigenvalue weighted by Gasteiger charge is -2.15. The summed E-state index contributed by atoms with van der Waals surface area (Å²) in [7, 11) is 0. The van der Waals surface area contributed by atoms with Gasteiger partial charge in [-0.25, -0.2) is 0 Å². The van der Waals surface area contributed by atoms with Gasteiger partial charge in [-0.1, -0.05) is 50.2 Å². The van der Waals surface area contributed by atoms with Gasteiger partial charge < -0.3 is 14.9 Å². The Hall–Kier alpha value is -2.94. The van der Waals surface area contributed by atoms with Crippen molar-refractivity contribution in [3.05, 3.63) is 82.9 Å². The maximum absolute atomic E-state index is 10.3. The Labute approximate surface area is 160 Å². The second kappa shape index (κ2) is 8.17. The maximum atomic E-state index is 10.3. The molecule has 0 aliphatic rings. The predicted octanol–water partition coefficient (Wildman–Crippen LogP) is 5.99. The molecule has 0 atom stereocenters. The zero-order valence-electron chi connectivity index (χ0n) is 16.1. The third kappa shape index (κ3) is 4.62. The molecule has 0 unspecified atom stereocenters. The number of phenols is 2. The van der Waals surface area contributed by atoms with E-state index < -0.39 is 0 Å². The molecule has 3 nitrogen and oxygen atoms in total.